The van der Waals surface area contributed by atoms with E-state index in [0.29, 0.717) is 17.4 Å². The van der Waals surface area contributed by atoms with Crippen LogP contribution in [0, 0.1) is 5.92 Å². The molecule has 0 spiro atoms. The van der Waals surface area contributed by atoms with Crippen LogP contribution >= 0.6 is 0 Å². The van der Waals surface area contributed by atoms with Crippen molar-refractivity contribution in [2.45, 2.75) is 31.4 Å². The van der Waals surface area contributed by atoms with Gasteiger partial charge in [0, 0.05) is 13.7 Å². The van der Waals surface area contributed by atoms with E-state index in [4.69, 9.17) is 4.74 Å². The summed E-state index contributed by atoms with van der Waals surface area (Å²) in [6.07, 6.45) is 3.56. The number of nitrogens with one attached hydrogen (secondary N) is 2. The maximum Gasteiger partial charge on any atom is 0.270 e. The third-order valence-corrected chi connectivity index (χ3v) is 3.78. The average Bonchev–Trinajstić information content (AvgIpc) is 3.19. The van der Waals surface area contributed by atoms with Gasteiger partial charge in [0.2, 0.25) is 0 Å². The van der Waals surface area contributed by atoms with Gasteiger partial charge in [0.15, 0.2) is 0 Å². The van der Waals surface area contributed by atoms with Crippen LogP contribution in [0.5, 0.6) is 0 Å². The normalized spacial score (nSPS) is 26.2. The molecule has 1 aromatic rings. The molecule has 19 heavy (non-hydrogen) atoms. The number of carbonyl (C=O) groups is 1. The monoisotopic (exact) mass is 261 g/mol. The number of pyridine rings is 1. The minimum absolute atomic E-state index is 0.113. The molecule has 5 nitrogen and oxygen atoms in total. The molecule has 2 atom stereocenters. The second-order valence-electron chi connectivity index (χ2n) is 5.20. The number of hydrogen-bond acceptors (Lipinski definition) is 4. The van der Waals surface area contributed by atoms with Crippen LogP contribution in [0.3, 0.4) is 0 Å². The minimum Gasteiger partial charge on any atom is -0.376 e. The van der Waals surface area contributed by atoms with Crippen LogP contribution in [-0.4, -0.2) is 36.7 Å². The number of carbonyl (C=O) groups excluding carboxylic acids is 1. The first-order chi connectivity index (χ1) is 9.28. The summed E-state index contributed by atoms with van der Waals surface area (Å²) < 4.78 is 5.72. The van der Waals surface area contributed by atoms with Gasteiger partial charge in [-0.15, -0.1) is 0 Å². The SMILES string of the molecule is CNc1cccc(C(=O)NC2CCOC2C2CC2)n1. The standard InChI is InChI=1S/C14H19N3O2/c1-15-12-4-2-3-11(16-12)14(18)17-10-7-8-19-13(10)9-5-6-9/h2-4,9-10,13H,5-8H2,1H3,(H,15,16)(H,17,18). The fourth-order valence-electron chi connectivity index (χ4n) is 2.60. The second kappa shape index (κ2) is 5.17. The smallest absolute Gasteiger partial charge is 0.270 e. The first-order valence-electron chi connectivity index (χ1n) is 6.85. The van der Waals surface area contributed by atoms with Gasteiger partial charge in [-0.1, -0.05) is 6.07 Å². The number of hydrogen-bond donors (Lipinski definition) is 2. The molecular formula is C14H19N3O2. The number of amides is 1. The van der Waals surface area contributed by atoms with E-state index < -0.39 is 0 Å². The summed E-state index contributed by atoms with van der Waals surface area (Å²) in [5.74, 6) is 1.23. The highest BCUT2D eigenvalue weighted by Crippen LogP contribution is 2.38. The van der Waals surface area contributed by atoms with Crippen molar-refractivity contribution >= 4 is 11.7 Å². The molecule has 3 rings (SSSR count). The van der Waals surface area contributed by atoms with E-state index in [1.54, 1.807) is 13.1 Å². The maximum atomic E-state index is 12.2. The first-order valence-corrected chi connectivity index (χ1v) is 6.85. The molecule has 2 heterocycles. The van der Waals surface area contributed by atoms with Gasteiger partial charge >= 0.3 is 0 Å². The highest BCUT2D eigenvalue weighted by atomic mass is 16.5. The zero-order chi connectivity index (χ0) is 13.2. The lowest BCUT2D eigenvalue weighted by Crippen LogP contribution is -2.41. The fourth-order valence-corrected chi connectivity index (χ4v) is 2.60. The molecule has 0 radical (unpaired) electrons. The van der Waals surface area contributed by atoms with Gasteiger partial charge in [-0.2, -0.15) is 0 Å². The van der Waals surface area contributed by atoms with Gasteiger partial charge in [0.05, 0.1) is 12.1 Å². The van der Waals surface area contributed by atoms with Gasteiger partial charge in [-0.05, 0) is 37.3 Å². The van der Waals surface area contributed by atoms with Gasteiger partial charge in [0.1, 0.15) is 11.5 Å². The maximum absolute atomic E-state index is 12.2. The summed E-state index contributed by atoms with van der Waals surface area (Å²) in [5.41, 5.74) is 0.452. The van der Waals surface area contributed by atoms with Crippen molar-refractivity contribution in [1.29, 1.82) is 0 Å². The van der Waals surface area contributed by atoms with E-state index in [2.05, 4.69) is 15.6 Å². The molecule has 2 unspecified atom stereocenters. The van der Waals surface area contributed by atoms with Crippen molar-refractivity contribution in [3.8, 4) is 0 Å². The zero-order valence-corrected chi connectivity index (χ0v) is 11.1. The van der Waals surface area contributed by atoms with Gasteiger partial charge < -0.3 is 15.4 Å². The molecule has 102 valence electrons. The Morgan fingerprint density at radius 2 is 2.21 bits per heavy atom. The van der Waals surface area contributed by atoms with E-state index in [0.717, 1.165) is 13.0 Å². The molecule has 1 saturated carbocycles. The lowest BCUT2D eigenvalue weighted by Gasteiger charge is -2.19. The molecule has 5 heteroatoms. The lowest BCUT2D eigenvalue weighted by atomic mass is 10.1. The predicted molar refractivity (Wildman–Crippen MR) is 72.1 cm³/mol. The number of rotatable bonds is 4. The zero-order valence-electron chi connectivity index (χ0n) is 11.1. The third kappa shape index (κ3) is 2.71. The van der Waals surface area contributed by atoms with Crippen LogP contribution < -0.4 is 10.6 Å². The topological polar surface area (TPSA) is 63.2 Å². The molecule has 0 bridgehead atoms. The molecule has 1 aliphatic carbocycles. The molecular weight excluding hydrogens is 242 g/mol. The Kier molecular flexibility index (Phi) is 3.38. The Morgan fingerprint density at radius 3 is 2.95 bits per heavy atom. The summed E-state index contributed by atoms with van der Waals surface area (Å²) in [5, 5.41) is 6.00. The van der Waals surface area contributed by atoms with E-state index in [9.17, 15) is 4.79 Å². The molecule has 1 amide bonds. The summed E-state index contributed by atoms with van der Waals surface area (Å²) in [6.45, 7) is 0.746. The summed E-state index contributed by atoms with van der Waals surface area (Å²) >= 11 is 0. The van der Waals surface area contributed by atoms with Crippen LogP contribution in [0.1, 0.15) is 29.8 Å². The number of anilines is 1. The number of aromatic nitrogens is 1. The Balaban J connectivity index is 1.66. The van der Waals surface area contributed by atoms with E-state index in [1.807, 2.05) is 12.1 Å². The average molecular weight is 261 g/mol. The number of nitrogens with zero attached hydrogens (tertiary/aromatic N) is 1. The van der Waals surface area contributed by atoms with Gasteiger partial charge in [-0.3, -0.25) is 4.79 Å². The molecule has 1 aliphatic heterocycles. The van der Waals surface area contributed by atoms with Crippen molar-refractivity contribution in [1.82, 2.24) is 10.3 Å². The fraction of sp³-hybridized carbons (Fsp3) is 0.571. The second-order valence-corrected chi connectivity index (χ2v) is 5.20. The third-order valence-electron chi connectivity index (χ3n) is 3.78. The summed E-state index contributed by atoms with van der Waals surface area (Å²) in [7, 11) is 1.79. The van der Waals surface area contributed by atoms with E-state index >= 15 is 0 Å². The van der Waals surface area contributed by atoms with Crippen LogP contribution in [0.2, 0.25) is 0 Å². The van der Waals surface area contributed by atoms with Crippen molar-refractivity contribution in [2.75, 3.05) is 19.0 Å². The molecule has 2 aliphatic rings. The molecule has 0 aromatic carbocycles. The van der Waals surface area contributed by atoms with Crippen molar-refractivity contribution in [2.24, 2.45) is 5.92 Å². The molecule has 1 aromatic heterocycles. The Labute approximate surface area is 112 Å². The van der Waals surface area contributed by atoms with Crippen LogP contribution in [-0.2, 0) is 4.74 Å². The van der Waals surface area contributed by atoms with Crippen molar-refractivity contribution in [3.05, 3.63) is 23.9 Å². The lowest BCUT2D eigenvalue weighted by molar-refractivity contribution is 0.0727. The minimum atomic E-state index is -0.113. The van der Waals surface area contributed by atoms with Crippen LogP contribution in [0.4, 0.5) is 5.82 Å². The molecule has 2 fully saturated rings. The largest absolute Gasteiger partial charge is 0.376 e. The molecule has 2 N–H and O–H groups in total. The Bertz CT molecular complexity index is 474. The van der Waals surface area contributed by atoms with E-state index in [1.165, 1.54) is 12.8 Å². The van der Waals surface area contributed by atoms with Crippen molar-refractivity contribution in [3.63, 3.8) is 0 Å². The van der Waals surface area contributed by atoms with Gasteiger partial charge in [0.25, 0.3) is 5.91 Å². The summed E-state index contributed by atoms with van der Waals surface area (Å²) in [6, 6.07) is 5.54. The number of ether oxygens (including phenoxy) is 1. The highest BCUT2D eigenvalue weighted by molar-refractivity contribution is 5.92. The van der Waals surface area contributed by atoms with Gasteiger partial charge in [-0.25, -0.2) is 4.98 Å². The Morgan fingerprint density at radius 1 is 1.37 bits per heavy atom. The van der Waals surface area contributed by atoms with Crippen LogP contribution in [0.25, 0.3) is 0 Å². The molecule has 1 saturated heterocycles. The van der Waals surface area contributed by atoms with Crippen molar-refractivity contribution < 1.29 is 9.53 Å². The summed E-state index contributed by atoms with van der Waals surface area (Å²) in [4.78, 5) is 16.5. The quantitative estimate of drug-likeness (QED) is 0.860. The first kappa shape index (κ1) is 12.4. The van der Waals surface area contributed by atoms with E-state index in [-0.39, 0.29) is 18.1 Å². The highest BCUT2D eigenvalue weighted by Gasteiger charge is 2.41. The Hall–Kier alpha value is -1.62. The van der Waals surface area contributed by atoms with Crippen LogP contribution in [0.15, 0.2) is 18.2 Å². The predicted octanol–water partition coefficient (Wildman–Crippen LogP) is 1.42.